The predicted molar refractivity (Wildman–Crippen MR) is 57.9 cm³/mol. The van der Waals surface area contributed by atoms with Gasteiger partial charge in [-0.25, -0.2) is 0 Å². The van der Waals surface area contributed by atoms with Crippen molar-refractivity contribution in [3.05, 3.63) is 23.8 Å². The maximum Gasteiger partial charge on any atom is 0.147 e. The van der Waals surface area contributed by atoms with Gasteiger partial charge in [0.05, 0.1) is 5.33 Å². The van der Waals surface area contributed by atoms with Crippen LogP contribution in [0.3, 0.4) is 0 Å². The average molecular weight is 261 g/mol. The van der Waals surface area contributed by atoms with Crippen molar-refractivity contribution in [2.75, 3.05) is 5.33 Å². The molecule has 2 nitrogen and oxygen atoms in total. The number of carbonyl (C=O) groups is 1. The highest BCUT2D eigenvalue weighted by Gasteiger charge is 2.07. The summed E-state index contributed by atoms with van der Waals surface area (Å²) in [6.45, 7) is 0. The Balaban J connectivity index is 2.89. The molecule has 0 aliphatic carbocycles. The van der Waals surface area contributed by atoms with Crippen molar-refractivity contribution in [2.45, 2.75) is 11.3 Å². The number of carbonyl (C=O) groups excluding carboxylic acids is 1. The molecule has 13 heavy (non-hydrogen) atoms. The van der Waals surface area contributed by atoms with Crippen molar-refractivity contribution in [1.82, 2.24) is 0 Å². The van der Waals surface area contributed by atoms with Crippen LogP contribution in [0, 0.1) is 0 Å². The molecule has 0 fully saturated rings. The summed E-state index contributed by atoms with van der Waals surface area (Å²) >= 11 is 7.11. The van der Waals surface area contributed by atoms with E-state index in [0.717, 1.165) is 0 Å². The number of benzene rings is 1. The number of phenolic OH excluding ortho intramolecular Hbond substituents is 1. The minimum absolute atomic E-state index is 0.0363. The Morgan fingerprint density at radius 1 is 1.54 bits per heavy atom. The van der Waals surface area contributed by atoms with Crippen molar-refractivity contribution in [2.24, 2.45) is 0 Å². The fraction of sp³-hybridized carbons (Fsp3) is 0.222. The molecular weight excluding hydrogens is 252 g/mol. The van der Waals surface area contributed by atoms with Gasteiger partial charge < -0.3 is 5.11 Å². The first kappa shape index (κ1) is 10.6. The Bertz CT molecular complexity index is 325. The summed E-state index contributed by atoms with van der Waals surface area (Å²) in [6.07, 6.45) is 0.242. The monoisotopic (exact) mass is 260 g/mol. The highest BCUT2D eigenvalue weighted by atomic mass is 79.9. The Labute approximate surface area is 90.5 Å². The molecule has 0 bridgehead atoms. The van der Waals surface area contributed by atoms with Gasteiger partial charge in [-0.05, 0) is 6.07 Å². The molecular formula is C9H9BrO2S. The van der Waals surface area contributed by atoms with E-state index in [9.17, 15) is 9.90 Å². The van der Waals surface area contributed by atoms with Crippen LogP contribution >= 0.6 is 28.6 Å². The van der Waals surface area contributed by atoms with Crippen LogP contribution in [0.5, 0.6) is 5.75 Å². The van der Waals surface area contributed by atoms with Crippen LogP contribution in [0.1, 0.15) is 5.56 Å². The van der Waals surface area contributed by atoms with Crippen molar-refractivity contribution < 1.29 is 9.90 Å². The fourth-order valence-corrected chi connectivity index (χ4v) is 1.41. The molecule has 0 aliphatic rings. The maximum absolute atomic E-state index is 11.1. The molecule has 0 aliphatic heterocycles. The van der Waals surface area contributed by atoms with Crippen molar-refractivity contribution in [3.8, 4) is 5.75 Å². The number of rotatable bonds is 3. The van der Waals surface area contributed by atoms with Crippen LogP contribution < -0.4 is 0 Å². The number of phenols is 1. The third-order valence-electron chi connectivity index (χ3n) is 1.63. The number of para-hydroxylation sites is 1. The molecule has 4 heteroatoms. The number of hydrogen-bond acceptors (Lipinski definition) is 3. The number of thiol groups is 1. The van der Waals surface area contributed by atoms with E-state index in [0.29, 0.717) is 15.8 Å². The number of halogens is 1. The molecule has 0 saturated carbocycles. The molecule has 1 N–H and O–H groups in total. The van der Waals surface area contributed by atoms with E-state index in [-0.39, 0.29) is 18.0 Å². The molecule has 0 unspecified atom stereocenters. The lowest BCUT2D eigenvalue weighted by Crippen LogP contribution is -2.03. The Hall–Kier alpha value is -0.480. The van der Waals surface area contributed by atoms with Crippen molar-refractivity contribution in [3.63, 3.8) is 0 Å². The number of ketones is 1. The molecule has 1 aromatic carbocycles. The average Bonchev–Trinajstić information content (AvgIpc) is 2.13. The summed E-state index contributed by atoms with van der Waals surface area (Å²) in [7, 11) is 0. The van der Waals surface area contributed by atoms with Crippen LogP contribution in [0.25, 0.3) is 0 Å². The SMILES string of the molecule is O=C(CBr)Cc1cccc(S)c1O. The molecule has 0 spiro atoms. The summed E-state index contributed by atoms with van der Waals surface area (Å²) in [5.74, 6) is 0.134. The van der Waals surface area contributed by atoms with Gasteiger partial charge in [-0.2, -0.15) is 0 Å². The number of alkyl halides is 1. The quantitative estimate of drug-likeness (QED) is 0.646. The maximum atomic E-state index is 11.1. The minimum atomic E-state index is 0.0363. The Morgan fingerprint density at radius 3 is 2.85 bits per heavy atom. The van der Waals surface area contributed by atoms with Gasteiger partial charge in [0, 0.05) is 16.9 Å². The third-order valence-corrected chi connectivity index (χ3v) is 2.62. The van der Waals surface area contributed by atoms with Gasteiger partial charge in [0.2, 0.25) is 0 Å². The summed E-state index contributed by atoms with van der Waals surface area (Å²) in [5.41, 5.74) is 0.622. The standard InChI is InChI=1S/C9H9BrO2S/c10-5-7(11)4-6-2-1-3-8(13)9(6)12/h1-3,12-13H,4-5H2. The summed E-state index contributed by atoms with van der Waals surface area (Å²) < 4.78 is 0. The lowest BCUT2D eigenvalue weighted by atomic mass is 10.1. The molecule has 0 amide bonds. The van der Waals surface area contributed by atoms with E-state index in [4.69, 9.17) is 0 Å². The van der Waals surface area contributed by atoms with Crippen LogP contribution in [0.4, 0.5) is 0 Å². The van der Waals surface area contributed by atoms with Gasteiger partial charge in [-0.1, -0.05) is 28.1 Å². The largest absolute Gasteiger partial charge is 0.506 e. The second kappa shape index (κ2) is 4.67. The van der Waals surface area contributed by atoms with Crippen LogP contribution in [-0.4, -0.2) is 16.2 Å². The molecule has 0 aromatic heterocycles. The zero-order valence-corrected chi connectivity index (χ0v) is 9.31. The predicted octanol–water partition coefficient (Wildman–Crippen LogP) is 2.19. The topological polar surface area (TPSA) is 37.3 Å². The van der Waals surface area contributed by atoms with Gasteiger partial charge in [0.1, 0.15) is 11.5 Å². The second-order valence-corrected chi connectivity index (χ2v) is 3.68. The zero-order valence-electron chi connectivity index (χ0n) is 6.83. The molecule has 0 heterocycles. The number of Topliss-reactive ketones (excluding diaryl/α,β-unsaturated/α-hetero) is 1. The molecule has 0 saturated heterocycles. The molecule has 0 atom stereocenters. The normalized spacial score (nSPS) is 10.0. The highest BCUT2D eigenvalue weighted by molar-refractivity contribution is 9.09. The smallest absolute Gasteiger partial charge is 0.147 e. The first-order valence-corrected chi connectivity index (χ1v) is 5.29. The van der Waals surface area contributed by atoms with E-state index in [1.54, 1.807) is 18.2 Å². The summed E-state index contributed by atoms with van der Waals surface area (Å²) in [4.78, 5) is 11.6. The molecule has 0 radical (unpaired) electrons. The molecule has 70 valence electrons. The van der Waals surface area contributed by atoms with Gasteiger partial charge in [-0.3, -0.25) is 4.79 Å². The number of aromatic hydroxyl groups is 1. The van der Waals surface area contributed by atoms with Crippen LogP contribution in [-0.2, 0) is 11.2 Å². The first-order valence-electron chi connectivity index (χ1n) is 3.72. The van der Waals surface area contributed by atoms with Crippen molar-refractivity contribution >= 4 is 34.3 Å². The summed E-state index contributed by atoms with van der Waals surface area (Å²) in [6, 6.07) is 5.16. The lowest BCUT2D eigenvalue weighted by molar-refractivity contribution is -0.115. The Morgan fingerprint density at radius 2 is 2.23 bits per heavy atom. The summed E-state index contributed by atoms with van der Waals surface area (Å²) in [5, 5.41) is 9.81. The van der Waals surface area contributed by atoms with Crippen LogP contribution in [0.2, 0.25) is 0 Å². The lowest BCUT2D eigenvalue weighted by Gasteiger charge is -2.04. The van der Waals surface area contributed by atoms with Gasteiger partial charge in [-0.15, -0.1) is 12.6 Å². The van der Waals surface area contributed by atoms with Gasteiger partial charge in [0.25, 0.3) is 0 Å². The van der Waals surface area contributed by atoms with E-state index >= 15 is 0 Å². The third kappa shape index (κ3) is 2.74. The molecule has 1 rings (SSSR count). The molecule has 1 aromatic rings. The van der Waals surface area contributed by atoms with E-state index in [1.807, 2.05) is 0 Å². The highest BCUT2D eigenvalue weighted by Crippen LogP contribution is 2.25. The van der Waals surface area contributed by atoms with Gasteiger partial charge >= 0.3 is 0 Å². The van der Waals surface area contributed by atoms with E-state index in [2.05, 4.69) is 28.6 Å². The van der Waals surface area contributed by atoms with Crippen molar-refractivity contribution in [1.29, 1.82) is 0 Å². The van der Waals surface area contributed by atoms with E-state index in [1.165, 1.54) is 0 Å². The van der Waals surface area contributed by atoms with Gasteiger partial charge in [0.15, 0.2) is 0 Å². The van der Waals surface area contributed by atoms with Crippen LogP contribution in [0.15, 0.2) is 23.1 Å². The first-order chi connectivity index (χ1) is 6.15. The minimum Gasteiger partial charge on any atom is -0.506 e. The number of hydrogen-bond donors (Lipinski definition) is 2. The zero-order chi connectivity index (χ0) is 9.84. The fourth-order valence-electron chi connectivity index (χ4n) is 0.980. The van der Waals surface area contributed by atoms with E-state index < -0.39 is 0 Å². The second-order valence-electron chi connectivity index (χ2n) is 2.63. The Kier molecular flexibility index (Phi) is 3.81.